The number of anilines is 1. The molecule has 0 amide bonds. The first-order valence-electron chi connectivity index (χ1n) is 8.80. The zero-order valence-corrected chi connectivity index (χ0v) is 16.9. The van der Waals surface area contributed by atoms with Crippen LogP contribution in [0, 0.1) is 13.8 Å². The van der Waals surface area contributed by atoms with Crippen molar-refractivity contribution in [3.8, 4) is 10.6 Å². The molecule has 1 saturated heterocycles. The predicted molar refractivity (Wildman–Crippen MR) is 107 cm³/mol. The Bertz CT molecular complexity index is 1030. The lowest BCUT2D eigenvalue weighted by Gasteiger charge is -2.35. The van der Waals surface area contributed by atoms with Crippen LogP contribution in [-0.2, 0) is 10.0 Å². The van der Waals surface area contributed by atoms with Gasteiger partial charge < -0.3 is 9.42 Å². The first-order valence-corrected chi connectivity index (χ1v) is 11.1. The second kappa shape index (κ2) is 7.10. The average molecular weight is 404 g/mol. The summed E-state index contributed by atoms with van der Waals surface area (Å²) in [6.07, 6.45) is 0. The number of nitrogens with zero attached hydrogens (tertiary/aromatic N) is 3. The number of benzene rings is 1. The Morgan fingerprint density at radius 3 is 2.33 bits per heavy atom. The summed E-state index contributed by atoms with van der Waals surface area (Å²) in [6.45, 7) is 6.12. The molecule has 0 radical (unpaired) electrons. The van der Waals surface area contributed by atoms with E-state index in [-0.39, 0.29) is 0 Å². The number of para-hydroxylation sites is 1. The molecular weight excluding hydrogens is 382 g/mol. The van der Waals surface area contributed by atoms with Gasteiger partial charge in [-0.15, -0.1) is 11.3 Å². The Hall–Kier alpha value is -2.16. The van der Waals surface area contributed by atoms with Gasteiger partial charge in [0.1, 0.15) is 4.21 Å². The van der Waals surface area contributed by atoms with E-state index in [0.29, 0.717) is 36.1 Å². The zero-order valence-electron chi connectivity index (χ0n) is 15.3. The monoisotopic (exact) mass is 403 g/mol. The first kappa shape index (κ1) is 18.2. The van der Waals surface area contributed by atoms with E-state index in [4.69, 9.17) is 4.52 Å². The van der Waals surface area contributed by atoms with E-state index in [1.165, 1.54) is 11.3 Å². The molecule has 4 rings (SSSR count). The molecule has 1 aliphatic rings. The third-order valence-corrected chi connectivity index (χ3v) is 8.37. The molecule has 8 heteroatoms. The van der Waals surface area contributed by atoms with Gasteiger partial charge in [-0.05, 0) is 38.1 Å². The van der Waals surface area contributed by atoms with Crippen LogP contribution in [0.3, 0.4) is 0 Å². The van der Waals surface area contributed by atoms with Crippen molar-refractivity contribution in [3.05, 3.63) is 53.7 Å². The molecule has 6 nitrogen and oxygen atoms in total. The van der Waals surface area contributed by atoms with E-state index < -0.39 is 10.0 Å². The maximum atomic E-state index is 13.0. The van der Waals surface area contributed by atoms with Gasteiger partial charge in [-0.3, -0.25) is 0 Å². The van der Waals surface area contributed by atoms with Gasteiger partial charge in [-0.1, -0.05) is 23.4 Å². The molecule has 0 spiro atoms. The van der Waals surface area contributed by atoms with Gasteiger partial charge in [0.15, 0.2) is 5.76 Å². The number of aromatic nitrogens is 1. The third kappa shape index (κ3) is 3.40. The average Bonchev–Trinajstić information content (AvgIpc) is 3.31. The number of piperazine rings is 1. The quantitative estimate of drug-likeness (QED) is 0.667. The molecule has 0 atom stereocenters. The molecular formula is C19H21N3O3S2. The van der Waals surface area contributed by atoms with Crippen LogP contribution in [0.1, 0.15) is 11.3 Å². The zero-order chi connectivity index (χ0) is 19.0. The van der Waals surface area contributed by atoms with Gasteiger partial charge in [-0.25, -0.2) is 8.42 Å². The number of aryl methyl sites for hydroxylation is 1. The summed E-state index contributed by atoms with van der Waals surface area (Å²) in [7, 11) is -3.50. The molecule has 142 valence electrons. The van der Waals surface area contributed by atoms with Crippen molar-refractivity contribution >= 4 is 27.0 Å². The molecule has 3 heterocycles. The van der Waals surface area contributed by atoms with Crippen LogP contribution in [0.25, 0.3) is 10.6 Å². The molecule has 0 saturated carbocycles. The number of rotatable bonds is 4. The Kier molecular flexibility index (Phi) is 4.79. The highest BCUT2D eigenvalue weighted by Crippen LogP contribution is 2.35. The minimum Gasteiger partial charge on any atom is -0.369 e. The van der Waals surface area contributed by atoms with Crippen molar-refractivity contribution in [1.82, 2.24) is 9.46 Å². The van der Waals surface area contributed by atoms with Crippen molar-refractivity contribution in [3.63, 3.8) is 0 Å². The smallest absolute Gasteiger partial charge is 0.252 e. The lowest BCUT2D eigenvalue weighted by molar-refractivity contribution is 0.386. The normalized spacial score (nSPS) is 16.0. The third-order valence-electron chi connectivity index (χ3n) is 4.92. The van der Waals surface area contributed by atoms with E-state index in [2.05, 4.69) is 22.2 Å². The number of thiophene rings is 1. The van der Waals surface area contributed by atoms with E-state index in [1.807, 2.05) is 32.0 Å². The van der Waals surface area contributed by atoms with E-state index >= 15 is 0 Å². The van der Waals surface area contributed by atoms with Gasteiger partial charge in [0, 0.05) is 37.4 Å². The van der Waals surface area contributed by atoms with Crippen LogP contribution in [0.5, 0.6) is 0 Å². The summed E-state index contributed by atoms with van der Waals surface area (Å²) in [5.41, 5.74) is 2.89. The van der Waals surface area contributed by atoms with Gasteiger partial charge in [0.25, 0.3) is 10.0 Å². The van der Waals surface area contributed by atoms with E-state index in [9.17, 15) is 8.42 Å². The Labute approximate surface area is 163 Å². The summed E-state index contributed by atoms with van der Waals surface area (Å²) in [5.74, 6) is 0.646. The highest BCUT2D eigenvalue weighted by atomic mass is 32.2. The van der Waals surface area contributed by atoms with Crippen molar-refractivity contribution in [2.24, 2.45) is 0 Å². The molecule has 0 N–H and O–H groups in total. The summed E-state index contributed by atoms with van der Waals surface area (Å²) in [6, 6.07) is 13.5. The van der Waals surface area contributed by atoms with E-state index in [0.717, 1.165) is 21.8 Å². The van der Waals surface area contributed by atoms with Crippen LogP contribution in [0.2, 0.25) is 0 Å². The van der Waals surface area contributed by atoms with Gasteiger partial charge in [0.05, 0.1) is 10.6 Å². The molecule has 2 aromatic heterocycles. The highest BCUT2D eigenvalue weighted by molar-refractivity contribution is 7.91. The lowest BCUT2D eigenvalue weighted by atomic mass is 10.2. The summed E-state index contributed by atoms with van der Waals surface area (Å²) < 4.78 is 33.4. The Balaban J connectivity index is 1.51. The maximum Gasteiger partial charge on any atom is 0.252 e. The minimum atomic E-state index is -3.50. The molecule has 27 heavy (non-hydrogen) atoms. The second-order valence-corrected chi connectivity index (χ2v) is 9.82. The fraction of sp³-hybridized carbons (Fsp3) is 0.316. The molecule has 0 unspecified atom stereocenters. The fourth-order valence-corrected chi connectivity index (χ4v) is 6.10. The van der Waals surface area contributed by atoms with Crippen LogP contribution in [0.15, 0.2) is 51.2 Å². The summed E-state index contributed by atoms with van der Waals surface area (Å²) in [5, 5.41) is 3.96. The Morgan fingerprint density at radius 1 is 1.00 bits per heavy atom. The van der Waals surface area contributed by atoms with Crippen molar-refractivity contribution in [2.45, 2.75) is 18.1 Å². The minimum absolute atomic E-state index is 0.346. The van der Waals surface area contributed by atoms with Crippen LogP contribution in [0.4, 0.5) is 5.69 Å². The molecule has 1 aliphatic heterocycles. The highest BCUT2D eigenvalue weighted by Gasteiger charge is 2.30. The fourth-order valence-electron chi connectivity index (χ4n) is 3.18. The van der Waals surface area contributed by atoms with Crippen LogP contribution in [-0.4, -0.2) is 44.1 Å². The predicted octanol–water partition coefficient (Wildman–Crippen LogP) is 3.53. The standard InChI is InChI=1S/C19H21N3O3S2/c1-14-15(2)20-25-19(14)17-8-9-18(26-17)27(23,24)22-12-10-21(11-13-22)16-6-4-3-5-7-16/h3-9H,10-13H2,1-2H3. The molecule has 0 aliphatic carbocycles. The first-order chi connectivity index (χ1) is 13.0. The van der Waals surface area contributed by atoms with Crippen molar-refractivity contribution < 1.29 is 12.9 Å². The number of hydrogen-bond acceptors (Lipinski definition) is 6. The van der Waals surface area contributed by atoms with Crippen molar-refractivity contribution in [1.29, 1.82) is 0 Å². The van der Waals surface area contributed by atoms with Gasteiger partial charge >= 0.3 is 0 Å². The second-order valence-electron chi connectivity index (χ2n) is 6.57. The van der Waals surface area contributed by atoms with Gasteiger partial charge in [-0.2, -0.15) is 4.31 Å². The molecule has 1 aromatic carbocycles. The van der Waals surface area contributed by atoms with Crippen LogP contribution >= 0.6 is 11.3 Å². The Morgan fingerprint density at radius 2 is 1.70 bits per heavy atom. The largest absolute Gasteiger partial charge is 0.369 e. The molecule has 0 bridgehead atoms. The number of sulfonamides is 1. The maximum absolute atomic E-state index is 13.0. The topological polar surface area (TPSA) is 66.7 Å². The summed E-state index contributed by atoms with van der Waals surface area (Å²) in [4.78, 5) is 3.00. The van der Waals surface area contributed by atoms with Crippen molar-refractivity contribution in [2.75, 3.05) is 31.1 Å². The van der Waals surface area contributed by atoms with Crippen LogP contribution < -0.4 is 4.90 Å². The van der Waals surface area contributed by atoms with Gasteiger partial charge in [0.2, 0.25) is 0 Å². The number of hydrogen-bond donors (Lipinski definition) is 0. The summed E-state index contributed by atoms with van der Waals surface area (Å²) >= 11 is 1.23. The molecule has 3 aromatic rings. The van der Waals surface area contributed by atoms with E-state index in [1.54, 1.807) is 16.4 Å². The molecule has 1 fully saturated rings. The SMILES string of the molecule is Cc1noc(-c2ccc(S(=O)(=O)N3CCN(c4ccccc4)CC3)s2)c1C. The lowest BCUT2D eigenvalue weighted by Crippen LogP contribution is -2.48.